The Morgan fingerprint density at radius 2 is 1.94 bits per heavy atom. The Balaban J connectivity index is 1.94. The van der Waals surface area contributed by atoms with Crippen molar-refractivity contribution in [1.82, 2.24) is 15.2 Å². The predicted molar refractivity (Wildman–Crippen MR) is 66.8 cm³/mol. The zero-order chi connectivity index (χ0) is 12.8. The first-order valence-electron chi connectivity index (χ1n) is 5.28. The number of aromatic nitrogens is 3. The molecule has 7 heteroatoms. The fourth-order valence-corrected chi connectivity index (χ4v) is 1.29. The van der Waals surface area contributed by atoms with E-state index in [-0.39, 0.29) is 5.95 Å². The normalized spacial score (nSPS) is 9.83. The second-order valence-electron chi connectivity index (χ2n) is 3.45. The Bertz CT molecular complexity index is 513. The molecule has 2 amide bonds. The van der Waals surface area contributed by atoms with Crippen LogP contribution in [0.25, 0.3) is 0 Å². The van der Waals surface area contributed by atoms with Crippen LogP contribution < -0.4 is 16.4 Å². The summed E-state index contributed by atoms with van der Waals surface area (Å²) in [4.78, 5) is 15.4. The van der Waals surface area contributed by atoms with Crippen molar-refractivity contribution < 1.29 is 4.79 Å². The lowest BCUT2D eigenvalue weighted by molar-refractivity contribution is 0.262. The third-order valence-electron chi connectivity index (χ3n) is 2.16. The lowest BCUT2D eigenvalue weighted by atomic mass is 10.2. The van der Waals surface area contributed by atoms with Gasteiger partial charge in [0, 0.05) is 12.2 Å². The van der Waals surface area contributed by atoms with E-state index in [1.807, 2.05) is 12.1 Å². The first-order chi connectivity index (χ1) is 8.78. The number of amides is 2. The molecule has 0 bridgehead atoms. The number of anilines is 2. The Morgan fingerprint density at radius 1 is 1.17 bits per heavy atom. The van der Waals surface area contributed by atoms with Crippen LogP contribution in [-0.4, -0.2) is 21.2 Å². The molecule has 0 unspecified atom stereocenters. The zero-order valence-corrected chi connectivity index (χ0v) is 9.50. The smallest absolute Gasteiger partial charge is 0.326 e. The van der Waals surface area contributed by atoms with Crippen molar-refractivity contribution in [2.75, 3.05) is 10.6 Å². The molecule has 2 aromatic rings. The van der Waals surface area contributed by atoms with Gasteiger partial charge in [0.05, 0.1) is 12.4 Å². The standard InChI is InChI=1S/C11H12N6O/c12-7-8-1-3-9(4-2-8)15-11(18)16-10-13-5-6-14-17-10/h1-6H,7,12H2,(H2,13,15,16,17,18). The molecule has 0 fully saturated rings. The number of nitrogens with one attached hydrogen (secondary N) is 2. The van der Waals surface area contributed by atoms with Crippen LogP contribution in [0.2, 0.25) is 0 Å². The monoisotopic (exact) mass is 244 g/mol. The molecule has 0 aliphatic carbocycles. The van der Waals surface area contributed by atoms with E-state index in [1.54, 1.807) is 12.1 Å². The van der Waals surface area contributed by atoms with E-state index in [0.29, 0.717) is 12.2 Å². The zero-order valence-electron chi connectivity index (χ0n) is 9.50. The van der Waals surface area contributed by atoms with Gasteiger partial charge in [0.1, 0.15) is 0 Å². The van der Waals surface area contributed by atoms with Gasteiger partial charge in [0.25, 0.3) is 5.95 Å². The highest BCUT2D eigenvalue weighted by Gasteiger charge is 2.04. The Morgan fingerprint density at radius 3 is 2.56 bits per heavy atom. The molecule has 1 aromatic heterocycles. The van der Waals surface area contributed by atoms with Crippen LogP contribution in [0.4, 0.5) is 16.4 Å². The summed E-state index contributed by atoms with van der Waals surface area (Å²) in [5, 5.41) is 12.3. The summed E-state index contributed by atoms with van der Waals surface area (Å²) in [6.45, 7) is 0.468. The van der Waals surface area contributed by atoms with Gasteiger partial charge in [-0.05, 0) is 17.7 Å². The fraction of sp³-hybridized carbons (Fsp3) is 0.0909. The molecule has 1 aromatic carbocycles. The summed E-state index contributed by atoms with van der Waals surface area (Å²) in [7, 11) is 0. The molecular weight excluding hydrogens is 232 g/mol. The molecular formula is C11H12N6O. The molecule has 0 aliphatic rings. The first-order valence-corrected chi connectivity index (χ1v) is 5.28. The topological polar surface area (TPSA) is 106 Å². The van der Waals surface area contributed by atoms with Gasteiger partial charge in [0.2, 0.25) is 0 Å². The van der Waals surface area contributed by atoms with Gasteiger partial charge in [-0.3, -0.25) is 5.32 Å². The number of carbonyl (C=O) groups excluding carboxylic acids is 1. The van der Waals surface area contributed by atoms with Crippen molar-refractivity contribution in [2.24, 2.45) is 5.73 Å². The van der Waals surface area contributed by atoms with Crippen molar-refractivity contribution in [1.29, 1.82) is 0 Å². The number of urea groups is 1. The van der Waals surface area contributed by atoms with Crippen molar-refractivity contribution in [3.05, 3.63) is 42.2 Å². The van der Waals surface area contributed by atoms with E-state index in [1.165, 1.54) is 12.4 Å². The molecule has 0 atom stereocenters. The fourth-order valence-electron chi connectivity index (χ4n) is 1.29. The number of hydrogen-bond donors (Lipinski definition) is 3. The summed E-state index contributed by atoms with van der Waals surface area (Å²) in [6.07, 6.45) is 2.87. The summed E-state index contributed by atoms with van der Waals surface area (Å²) in [5.41, 5.74) is 7.14. The lowest BCUT2D eigenvalue weighted by Crippen LogP contribution is -2.21. The van der Waals surface area contributed by atoms with Crippen LogP contribution in [0.15, 0.2) is 36.7 Å². The highest BCUT2D eigenvalue weighted by molar-refractivity contribution is 5.98. The van der Waals surface area contributed by atoms with Crippen molar-refractivity contribution in [2.45, 2.75) is 6.54 Å². The molecule has 0 spiro atoms. The molecule has 0 aliphatic heterocycles. The van der Waals surface area contributed by atoms with E-state index < -0.39 is 6.03 Å². The maximum atomic E-state index is 11.6. The van der Waals surface area contributed by atoms with E-state index in [4.69, 9.17) is 5.73 Å². The van der Waals surface area contributed by atoms with Gasteiger partial charge < -0.3 is 11.1 Å². The third kappa shape index (κ3) is 3.22. The van der Waals surface area contributed by atoms with Crippen LogP contribution >= 0.6 is 0 Å². The van der Waals surface area contributed by atoms with Gasteiger partial charge in [-0.1, -0.05) is 12.1 Å². The van der Waals surface area contributed by atoms with Crippen LogP contribution in [0.5, 0.6) is 0 Å². The number of rotatable bonds is 3. The average molecular weight is 244 g/mol. The highest BCUT2D eigenvalue weighted by atomic mass is 16.2. The maximum Gasteiger partial charge on any atom is 0.326 e. The maximum absolute atomic E-state index is 11.6. The number of benzene rings is 1. The quantitative estimate of drug-likeness (QED) is 0.746. The molecule has 2 rings (SSSR count). The molecule has 1 heterocycles. The summed E-state index contributed by atoms with van der Waals surface area (Å²) in [6, 6.07) is 6.80. The minimum absolute atomic E-state index is 0.147. The minimum Gasteiger partial charge on any atom is -0.326 e. The van der Waals surface area contributed by atoms with Crippen molar-refractivity contribution in [3.63, 3.8) is 0 Å². The predicted octanol–water partition coefficient (Wildman–Crippen LogP) is 0.974. The largest absolute Gasteiger partial charge is 0.326 e. The van der Waals surface area contributed by atoms with E-state index in [2.05, 4.69) is 25.8 Å². The van der Waals surface area contributed by atoms with Crippen LogP contribution in [-0.2, 0) is 6.54 Å². The van der Waals surface area contributed by atoms with Gasteiger partial charge in [-0.2, -0.15) is 5.10 Å². The number of nitrogens with zero attached hydrogens (tertiary/aromatic N) is 3. The van der Waals surface area contributed by atoms with Gasteiger partial charge in [-0.15, -0.1) is 5.10 Å². The minimum atomic E-state index is -0.427. The Hall–Kier alpha value is -2.54. The van der Waals surface area contributed by atoms with Gasteiger partial charge >= 0.3 is 6.03 Å². The molecule has 4 N–H and O–H groups in total. The van der Waals surface area contributed by atoms with Crippen molar-refractivity contribution >= 4 is 17.7 Å². The van der Waals surface area contributed by atoms with Gasteiger partial charge in [-0.25, -0.2) is 9.78 Å². The molecule has 0 saturated heterocycles. The molecule has 0 radical (unpaired) electrons. The third-order valence-corrected chi connectivity index (χ3v) is 2.16. The lowest BCUT2D eigenvalue weighted by Gasteiger charge is -2.06. The van der Waals surface area contributed by atoms with Crippen LogP contribution in [0.3, 0.4) is 0 Å². The summed E-state index contributed by atoms with van der Waals surface area (Å²) >= 11 is 0. The van der Waals surface area contributed by atoms with E-state index in [9.17, 15) is 4.79 Å². The van der Waals surface area contributed by atoms with Crippen LogP contribution in [0.1, 0.15) is 5.56 Å². The van der Waals surface area contributed by atoms with E-state index in [0.717, 1.165) is 5.56 Å². The molecule has 18 heavy (non-hydrogen) atoms. The summed E-state index contributed by atoms with van der Waals surface area (Å²) in [5.74, 6) is 0.147. The number of nitrogens with two attached hydrogens (primary N) is 1. The number of carbonyl (C=O) groups is 1. The van der Waals surface area contributed by atoms with Crippen LogP contribution in [0, 0.1) is 0 Å². The van der Waals surface area contributed by atoms with E-state index >= 15 is 0 Å². The average Bonchev–Trinajstić information content (AvgIpc) is 2.40. The Kier molecular flexibility index (Phi) is 3.77. The van der Waals surface area contributed by atoms with Crippen molar-refractivity contribution in [3.8, 4) is 0 Å². The molecule has 7 nitrogen and oxygen atoms in total. The second-order valence-corrected chi connectivity index (χ2v) is 3.45. The molecule has 0 saturated carbocycles. The highest BCUT2D eigenvalue weighted by Crippen LogP contribution is 2.09. The van der Waals surface area contributed by atoms with Gasteiger partial charge in [0.15, 0.2) is 0 Å². The number of hydrogen-bond acceptors (Lipinski definition) is 5. The second kappa shape index (κ2) is 5.69. The molecule has 92 valence electrons. The summed E-state index contributed by atoms with van der Waals surface area (Å²) < 4.78 is 0. The Labute approximate surface area is 103 Å². The first kappa shape index (κ1) is 11.9. The SMILES string of the molecule is NCc1ccc(NC(=O)Nc2nccnn2)cc1.